The predicted octanol–water partition coefficient (Wildman–Crippen LogP) is 8.29. The van der Waals surface area contributed by atoms with Gasteiger partial charge in [0.25, 0.3) is 0 Å². The van der Waals surface area contributed by atoms with Crippen molar-refractivity contribution in [2.24, 2.45) is 10.3 Å². The number of fused-ring (bicyclic) bond motifs is 3. The van der Waals surface area contributed by atoms with E-state index in [1.807, 2.05) is 112 Å². The van der Waals surface area contributed by atoms with Crippen molar-refractivity contribution >= 4 is 27.7 Å². The van der Waals surface area contributed by atoms with Gasteiger partial charge in [-0.25, -0.2) is 23.2 Å². The van der Waals surface area contributed by atoms with Crippen molar-refractivity contribution in [3.05, 3.63) is 142 Å². The minimum Gasteiger partial charge on any atom is -0.476 e. The number of hydrogen-bond acceptors (Lipinski definition) is 7. The van der Waals surface area contributed by atoms with Crippen LogP contribution in [0.3, 0.4) is 0 Å². The SMILES string of the molecule is CN(C[C@@H]1COc2c(S(=O)(=NC(c3ccccc3)(c3ccccc3)c3ccccc3)NC(=O)Nc3c4c(cc5c3CCC5)CCC4)cnn2C1)C(=O)OC(C)(C)C. The van der Waals surface area contributed by atoms with E-state index in [1.165, 1.54) is 22.2 Å². The molecular weight excluding hydrogens is 737 g/mol. The molecule has 296 valence electrons. The highest BCUT2D eigenvalue weighted by Crippen LogP contribution is 2.44. The van der Waals surface area contributed by atoms with Crippen molar-refractivity contribution in [2.45, 2.75) is 81.9 Å². The highest BCUT2D eigenvalue weighted by molar-refractivity contribution is 7.92. The third-order valence-corrected chi connectivity index (χ3v) is 12.8. The van der Waals surface area contributed by atoms with E-state index in [4.69, 9.17) is 13.8 Å². The molecular formula is C45H50N6O5S. The standard InChI is InChI=1S/C45H50N6O5S/c1-44(2,3)56-43(53)50(4)28-31-29-51-41(55-30-31)39(27-46-51)57(54,48-42(52)47-40-37-24-14-16-32(37)26-33-17-15-25-38(33)40)49-45(34-18-8-5-9-19-34,35-20-10-6-11-21-35)36-22-12-7-13-23-36/h5-13,18-23,26-27,31H,14-17,24-25,28-30H2,1-4H3,(H2,47,48,49,52,54)/t31-,57?/m0/s1. The van der Waals surface area contributed by atoms with Crippen LogP contribution in [0.2, 0.25) is 0 Å². The van der Waals surface area contributed by atoms with Crippen LogP contribution in [0.5, 0.6) is 5.88 Å². The van der Waals surface area contributed by atoms with Gasteiger partial charge in [-0.1, -0.05) is 97.1 Å². The number of aromatic nitrogens is 2. The van der Waals surface area contributed by atoms with Crippen LogP contribution in [0.15, 0.2) is 113 Å². The molecule has 5 aromatic rings. The molecule has 57 heavy (non-hydrogen) atoms. The van der Waals surface area contributed by atoms with Gasteiger partial charge in [0.05, 0.1) is 19.3 Å². The summed E-state index contributed by atoms with van der Waals surface area (Å²) in [7, 11) is -2.23. The van der Waals surface area contributed by atoms with E-state index < -0.39 is 33.2 Å². The molecule has 2 aliphatic carbocycles. The van der Waals surface area contributed by atoms with Gasteiger partial charge < -0.3 is 19.7 Å². The number of rotatable bonds is 9. The Morgan fingerprint density at radius 1 is 0.877 bits per heavy atom. The molecule has 2 heterocycles. The summed E-state index contributed by atoms with van der Waals surface area (Å²) < 4.78 is 38.2. The van der Waals surface area contributed by atoms with Gasteiger partial charge in [0.15, 0.2) is 9.92 Å². The van der Waals surface area contributed by atoms with Crippen molar-refractivity contribution in [1.29, 1.82) is 0 Å². The second-order valence-corrected chi connectivity index (χ2v) is 18.1. The minimum absolute atomic E-state index is 0.133. The van der Waals surface area contributed by atoms with Gasteiger partial charge in [0.1, 0.15) is 16.0 Å². The van der Waals surface area contributed by atoms with Gasteiger partial charge in [-0.3, -0.25) is 0 Å². The maximum atomic E-state index is 16.3. The predicted molar refractivity (Wildman–Crippen MR) is 221 cm³/mol. The summed E-state index contributed by atoms with van der Waals surface area (Å²) in [5, 5.41) is 7.86. The monoisotopic (exact) mass is 786 g/mol. The van der Waals surface area contributed by atoms with Gasteiger partial charge in [0, 0.05) is 25.2 Å². The number of amides is 3. The van der Waals surface area contributed by atoms with Crippen molar-refractivity contribution < 1.29 is 23.3 Å². The molecule has 0 bridgehead atoms. The van der Waals surface area contributed by atoms with E-state index in [9.17, 15) is 9.59 Å². The maximum Gasteiger partial charge on any atom is 0.410 e. The summed E-state index contributed by atoms with van der Waals surface area (Å²) in [4.78, 5) is 29.0. The number of hydrogen-bond donors (Lipinski definition) is 2. The van der Waals surface area contributed by atoms with E-state index >= 15 is 4.21 Å². The summed E-state index contributed by atoms with van der Waals surface area (Å²) in [6.45, 7) is 6.45. The lowest BCUT2D eigenvalue weighted by Crippen LogP contribution is -2.41. The lowest BCUT2D eigenvalue weighted by Gasteiger charge is -2.33. The van der Waals surface area contributed by atoms with Crippen LogP contribution < -0.4 is 14.8 Å². The third kappa shape index (κ3) is 7.62. The molecule has 8 rings (SSSR count). The number of anilines is 1. The molecule has 0 fully saturated rings. The molecule has 0 saturated carbocycles. The van der Waals surface area contributed by atoms with E-state index in [0.717, 1.165) is 72.0 Å². The van der Waals surface area contributed by atoms with Crippen molar-refractivity contribution in [2.75, 3.05) is 25.5 Å². The molecule has 0 saturated heterocycles. The van der Waals surface area contributed by atoms with Crippen LogP contribution in [0.25, 0.3) is 0 Å². The number of aryl methyl sites for hydroxylation is 2. The first-order valence-corrected chi connectivity index (χ1v) is 21.3. The lowest BCUT2D eigenvalue weighted by molar-refractivity contribution is 0.0232. The number of carbonyl (C=O) groups is 2. The van der Waals surface area contributed by atoms with Gasteiger partial charge in [-0.15, -0.1) is 0 Å². The van der Waals surface area contributed by atoms with Gasteiger partial charge in [-0.05, 0) is 98.2 Å². The number of benzene rings is 4. The Bertz CT molecular complexity index is 2270. The van der Waals surface area contributed by atoms with Crippen LogP contribution >= 0.6 is 0 Å². The Labute approximate surface area is 335 Å². The van der Waals surface area contributed by atoms with Crippen LogP contribution in [-0.4, -0.2) is 56.8 Å². The molecule has 1 unspecified atom stereocenters. The van der Waals surface area contributed by atoms with Crippen LogP contribution in [0.1, 0.15) is 72.6 Å². The van der Waals surface area contributed by atoms with E-state index in [1.54, 1.807) is 11.7 Å². The zero-order valence-electron chi connectivity index (χ0n) is 33.0. The quantitative estimate of drug-likeness (QED) is 0.145. The summed E-state index contributed by atoms with van der Waals surface area (Å²) in [6.07, 6.45) is 6.84. The smallest absolute Gasteiger partial charge is 0.410 e. The maximum absolute atomic E-state index is 16.3. The van der Waals surface area contributed by atoms with Crippen LogP contribution in [0, 0.1) is 5.92 Å². The average molecular weight is 787 g/mol. The number of nitrogens with one attached hydrogen (secondary N) is 2. The number of ether oxygens (including phenoxy) is 2. The fraction of sp³-hybridized carbons (Fsp3) is 0.356. The fourth-order valence-corrected chi connectivity index (χ4v) is 10.3. The highest BCUT2D eigenvalue weighted by atomic mass is 32.2. The zero-order valence-corrected chi connectivity index (χ0v) is 33.8. The van der Waals surface area contributed by atoms with Crippen molar-refractivity contribution in [3.8, 4) is 5.88 Å². The average Bonchev–Trinajstić information content (AvgIpc) is 3.98. The van der Waals surface area contributed by atoms with Gasteiger partial charge in [0.2, 0.25) is 5.88 Å². The molecule has 2 N–H and O–H groups in total. The molecule has 4 aromatic carbocycles. The Hall–Kier alpha value is -5.62. The minimum atomic E-state index is -3.92. The molecule has 11 nitrogen and oxygen atoms in total. The zero-order chi connectivity index (χ0) is 39.8. The summed E-state index contributed by atoms with van der Waals surface area (Å²) in [6, 6.07) is 30.9. The number of carbonyl (C=O) groups excluding carboxylic acids is 2. The molecule has 3 aliphatic rings. The van der Waals surface area contributed by atoms with Crippen molar-refractivity contribution in [1.82, 2.24) is 19.4 Å². The summed E-state index contributed by atoms with van der Waals surface area (Å²) >= 11 is 0. The van der Waals surface area contributed by atoms with E-state index in [0.29, 0.717) is 13.1 Å². The number of nitrogens with zero attached hydrogens (tertiary/aromatic N) is 4. The second kappa shape index (κ2) is 15.4. The Morgan fingerprint density at radius 3 is 1.95 bits per heavy atom. The molecule has 2 atom stereocenters. The van der Waals surface area contributed by atoms with Gasteiger partial charge in [-0.2, -0.15) is 9.46 Å². The molecule has 1 aliphatic heterocycles. The first-order valence-electron chi connectivity index (χ1n) is 19.8. The topological polar surface area (TPSA) is 127 Å². The molecule has 1 aromatic heterocycles. The van der Waals surface area contributed by atoms with E-state index in [2.05, 4.69) is 21.2 Å². The fourth-order valence-electron chi connectivity index (χ4n) is 8.48. The Kier molecular flexibility index (Phi) is 10.3. The Morgan fingerprint density at radius 2 is 1.42 bits per heavy atom. The third-order valence-electron chi connectivity index (χ3n) is 11.0. The first-order chi connectivity index (χ1) is 27.4. The van der Waals surface area contributed by atoms with Crippen LogP contribution in [-0.2, 0) is 52.4 Å². The van der Waals surface area contributed by atoms with Crippen molar-refractivity contribution in [3.63, 3.8) is 0 Å². The van der Waals surface area contributed by atoms with Crippen LogP contribution in [0.4, 0.5) is 15.3 Å². The Balaban J connectivity index is 1.25. The van der Waals surface area contributed by atoms with E-state index in [-0.39, 0.29) is 23.3 Å². The summed E-state index contributed by atoms with van der Waals surface area (Å²) in [5.74, 6) is 0.121. The largest absolute Gasteiger partial charge is 0.476 e. The normalized spacial score (nSPS) is 16.9. The highest BCUT2D eigenvalue weighted by Gasteiger charge is 2.41. The molecule has 0 radical (unpaired) electrons. The lowest BCUT2D eigenvalue weighted by atomic mass is 9.78. The summed E-state index contributed by atoms with van der Waals surface area (Å²) in [5.41, 5.74) is 6.04. The number of urea groups is 1. The molecule has 3 amide bonds. The molecule has 12 heteroatoms. The van der Waals surface area contributed by atoms with Gasteiger partial charge >= 0.3 is 12.1 Å². The molecule has 0 spiro atoms. The second-order valence-electron chi connectivity index (χ2n) is 16.2. The first kappa shape index (κ1) is 38.3.